The maximum atomic E-state index is 11.8. The summed E-state index contributed by atoms with van der Waals surface area (Å²) in [4.78, 5) is 47.8. The summed E-state index contributed by atoms with van der Waals surface area (Å²) in [5.74, 6) is -0.926. The predicted molar refractivity (Wildman–Crippen MR) is 107 cm³/mol. The number of nitrogens with two attached hydrogens (primary N) is 1. The summed E-state index contributed by atoms with van der Waals surface area (Å²) in [6.45, 7) is 1.25. The molecule has 0 spiro atoms. The largest absolute Gasteiger partial charge is 0.368 e. The average Bonchev–Trinajstić information content (AvgIpc) is 3.19. The van der Waals surface area contributed by atoms with Gasteiger partial charge in [-0.15, -0.1) is 0 Å². The van der Waals surface area contributed by atoms with Gasteiger partial charge in [-0.25, -0.2) is 4.79 Å². The number of primary amides is 1. The zero-order valence-corrected chi connectivity index (χ0v) is 16.2. The molecule has 2 aliphatic rings. The van der Waals surface area contributed by atoms with Gasteiger partial charge in [-0.05, 0) is 30.3 Å². The number of rotatable bonds is 5. The molecule has 148 valence electrons. The van der Waals surface area contributed by atoms with Gasteiger partial charge in [0.15, 0.2) is 0 Å². The van der Waals surface area contributed by atoms with E-state index in [0.29, 0.717) is 23.0 Å². The molecule has 11 heteroatoms. The van der Waals surface area contributed by atoms with Crippen molar-refractivity contribution in [3.8, 4) is 0 Å². The second-order valence-corrected chi connectivity index (χ2v) is 7.68. The summed E-state index contributed by atoms with van der Waals surface area (Å²) in [6, 6.07) is 4.48. The summed E-state index contributed by atoms with van der Waals surface area (Å²) >= 11 is 7.26. The number of para-hydroxylation sites is 1. The molecule has 0 saturated carbocycles. The molecule has 2 fully saturated rings. The first-order valence-corrected chi connectivity index (χ1v) is 9.64. The minimum Gasteiger partial charge on any atom is -0.368 e. The van der Waals surface area contributed by atoms with Crippen molar-refractivity contribution >= 4 is 58.2 Å². The monoisotopic (exact) mass is 423 g/mol. The van der Waals surface area contributed by atoms with E-state index in [1.165, 1.54) is 0 Å². The smallest absolute Gasteiger partial charge is 0.318 e. The van der Waals surface area contributed by atoms with Gasteiger partial charge in [-0.1, -0.05) is 23.7 Å². The molecule has 0 bridgehead atoms. The van der Waals surface area contributed by atoms with Gasteiger partial charge in [0.2, 0.25) is 5.91 Å². The molecule has 0 aromatic heterocycles. The highest BCUT2D eigenvalue weighted by Gasteiger charge is 2.28. The summed E-state index contributed by atoms with van der Waals surface area (Å²) in [7, 11) is 0. The molecule has 5 N–H and O–H groups in total. The Kier molecular flexibility index (Phi) is 6.22. The third kappa shape index (κ3) is 4.83. The first-order chi connectivity index (χ1) is 13.3. The molecule has 0 radical (unpaired) electrons. The van der Waals surface area contributed by atoms with Gasteiger partial charge in [0.1, 0.15) is 0 Å². The van der Waals surface area contributed by atoms with Crippen LogP contribution in [0.2, 0.25) is 5.02 Å². The van der Waals surface area contributed by atoms with E-state index in [4.69, 9.17) is 17.3 Å². The van der Waals surface area contributed by atoms with Crippen molar-refractivity contribution in [2.24, 2.45) is 5.73 Å². The normalized spacial score (nSPS) is 20.5. The van der Waals surface area contributed by atoms with E-state index in [1.54, 1.807) is 18.2 Å². The SMILES string of the molecule is NC(=O)NC(=O)CN[C@H]1CCN(c2c(Cl)cccc2/C=C2\SC(=O)NC2=O)C1. The molecular formula is C17H18ClN5O4S. The van der Waals surface area contributed by atoms with Crippen LogP contribution in [0.3, 0.4) is 0 Å². The number of nitrogens with zero attached hydrogens (tertiary/aromatic N) is 1. The Hall–Kier alpha value is -2.56. The Balaban J connectivity index is 1.71. The zero-order valence-electron chi connectivity index (χ0n) is 14.7. The van der Waals surface area contributed by atoms with E-state index in [9.17, 15) is 19.2 Å². The number of amides is 5. The highest BCUT2D eigenvalue weighted by molar-refractivity contribution is 8.18. The number of anilines is 1. The molecule has 2 aliphatic heterocycles. The van der Waals surface area contributed by atoms with Crippen LogP contribution in [0.5, 0.6) is 0 Å². The van der Waals surface area contributed by atoms with Crippen LogP contribution in [0.4, 0.5) is 15.3 Å². The molecule has 1 atom stereocenters. The quantitative estimate of drug-likeness (QED) is 0.519. The van der Waals surface area contributed by atoms with E-state index >= 15 is 0 Å². The number of carbonyl (C=O) groups is 4. The van der Waals surface area contributed by atoms with Crippen LogP contribution in [0.25, 0.3) is 6.08 Å². The molecule has 9 nitrogen and oxygen atoms in total. The Morgan fingerprint density at radius 3 is 2.86 bits per heavy atom. The molecule has 0 aliphatic carbocycles. The number of halogens is 1. The van der Waals surface area contributed by atoms with E-state index < -0.39 is 23.1 Å². The van der Waals surface area contributed by atoms with E-state index in [-0.39, 0.29) is 12.6 Å². The van der Waals surface area contributed by atoms with Gasteiger partial charge in [-0.3, -0.25) is 25.0 Å². The van der Waals surface area contributed by atoms with E-state index in [1.807, 2.05) is 11.4 Å². The molecule has 1 aromatic carbocycles. The fourth-order valence-electron chi connectivity index (χ4n) is 3.09. The lowest BCUT2D eigenvalue weighted by Crippen LogP contribution is -2.44. The van der Waals surface area contributed by atoms with E-state index in [2.05, 4.69) is 15.5 Å². The predicted octanol–water partition coefficient (Wildman–Crippen LogP) is 1.03. The first-order valence-electron chi connectivity index (χ1n) is 8.44. The van der Waals surface area contributed by atoms with Gasteiger partial charge >= 0.3 is 6.03 Å². The topological polar surface area (TPSA) is 134 Å². The summed E-state index contributed by atoms with van der Waals surface area (Å²) in [5, 5.41) is 7.43. The molecule has 0 unspecified atom stereocenters. The molecule has 5 amide bonds. The van der Waals surface area contributed by atoms with Crippen molar-refractivity contribution in [2.45, 2.75) is 12.5 Å². The van der Waals surface area contributed by atoms with Crippen LogP contribution in [-0.4, -0.2) is 48.8 Å². The third-order valence-corrected chi connectivity index (χ3v) is 5.38. The number of hydrogen-bond donors (Lipinski definition) is 4. The fourth-order valence-corrected chi connectivity index (χ4v) is 4.07. The molecule has 3 rings (SSSR count). The Morgan fingerprint density at radius 2 is 2.18 bits per heavy atom. The Bertz CT molecular complexity index is 875. The van der Waals surface area contributed by atoms with Crippen molar-refractivity contribution < 1.29 is 19.2 Å². The number of urea groups is 1. The fraction of sp³-hybridized carbons (Fsp3) is 0.294. The Labute approximate surface area is 170 Å². The highest BCUT2D eigenvalue weighted by atomic mass is 35.5. The van der Waals surface area contributed by atoms with Crippen LogP contribution >= 0.6 is 23.4 Å². The molecular weight excluding hydrogens is 406 g/mol. The first kappa shape index (κ1) is 20.2. The molecule has 28 heavy (non-hydrogen) atoms. The van der Waals surface area contributed by atoms with Crippen LogP contribution < -0.4 is 26.6 Å². The second kappa shape index (κ2) is 8.63. The number of benzene rings is 1. The number of thioether (sulfide) groups is 1. The van der Waals surface area contributed by atoms with Crippen molar-refractivity contribution in [2.75, 3.05) is 24.5 Å². The minimum atomic E-state index is -0.888. The van der Waals surface area contributed by atoms with Crippen molar-refractivity contribution in [3.05, 3.63) is 33.7 Å². The molecule has 2 saturated heterocycles. The standard InChI is InChI=1S/C17H18ClN5O4S/c18-11-3-1-2-9(6-12-15(25)22-17(27)28-12)14(11)23-5-4-10(8-23)20-7-13(24)21-16(19)26/h1-3,6,10,20H,4-5,7-8H2,(H,22,25,27)(H3,19,21,24,26)/b12-6-/t10-/m0/s1. The molecule has 1 aromatic rings. The average molecular weight is 424 g/mol. The lowest BCUT2D eigenvalue weighted by molar-refractivity contribution is -0.119. The van der Waals surface area contributed by atoms with Gasteiger partial charge < -0.3 is 16.0 Å². The van der Waals surface area contributed by atoms with Crippen LogP contribution in [0.1, 0.15) is 12.0 Å². The van der Waals surface area contributed by atoms with Crippen LogP contribution in [0, 0.1) is 0 Å². The van der Waals surface area contributed by atoms with Gasteiger partial charge in [0.05, 0.1) is 22.2 Å². The number of imide groups is 2. The zero-order chi connectivity index (χ0) is 20.3. The second-order valence-electron chi connectivity index (χ2n) is 6.25. The molecule has 2 heterocycles. The summed E-state index contributed by atoms with van der Waals surface area (Å²) < 4.78 is 0. The van der Waals surface area contributed by atoms with Crippen molar-refractivity contribution in [3.63, 3.8) is 0 Å². The van der Waals surface area contributed by atoms with Gasteiger partial charge in [0.25, 0.3) is 11.1 Å². The third-order valence-electron chi connectivity index (χ3n) is 4.27. The summed E-state index contributed by atoms with van der Waals surface area (Å²) in [5.41, 5.74) is 6.40. The van der Waals surface area contributed by atoms with Crippen molar-refractivity contribution in [1.82, 2.24) is 16.0 Å². The minimum absolute atomic E-state index is 0.0149. The Morgan fingerprint density at radius 1 is 1.39 bits per heavy atom. The van der Waals surface area contributed by atoms with Gasteiger partial charge in [0, 0.05) is 24.7 Å². The van der Waals surface area contributed by atoms with Gasteiger partial charge in [-0.2, -0.15) is 0 Å². The van der Waals surface area contributed by atoms with Crippen LogP contribution in [-0.2, 0) is 9.59 Å². The lowest BCUT2D eigenvalue weighted by Gasteiger charge is -2.23. The van der Waals surface area contributed by atoms with E-state index in [0.717, 1.165) is 29.4 Å². The maximum Gasteiger partial charge on any atom is 0.318 e. The van der Waals surface area contributed by atoms with Crippen LogP contribution in [0.15, 0.2) is 23.1 Å². The number of hydrogen-bond acceptors (Lipinski definition) is 7. The number of carbonyl (C=O) groups excluding carboxylic acids is 4. The summed E-state index contributed by atoms with van der Waals surface area (Å²) in [6.07, 6.45) is 2.41. The van der Waals surface area contributed by atoms with Crippen molar-refractivity contribution in [1.29, 1.82) is 0 Å². The maximum absolute atomic E-state index is 11.8. The highest BCUT2D eigenvalue weighted by Crippen LogP contribution is 2.35. The number of nitrogens with one attached hydrogen (secondary N) is 3. The lowest BCUT2D eigenvalue weighted by atomic mass is 10.1.